The van der Waals surface area contributed by atoms with E-state index in [0.717, 1.165) is 6.42 Å². The number of ether oxygens (including phenoxy) is 1. The standard InChI is InChI=1S/C27H22F2O2/c28-25-11-7-23(8-12-25)27(30,24-9-13-26(29)14-10-24)15-4-16-31-19-22-18-21(22)17-20-5-2-1-3-6-20/h1-3,5-14,17,22,30H,16,18-19H2/b21-17+. The first-order chi connectivity index (χ1) is 15.0. The summed E-state index contributed by atoms with van der Waals surface area (Å²) in [5.41, 5.74) is 1.66. The van der Waals surface area contributed by atoms with Crippen LogP contribution in [0.25, 0.3) is 6.08 Å². The Morgan fingerprint density at radius 1 is 0.903 bits per heavy atom. The van der Waals surface area contributed by atoms with Crippen LogP contribution in [0.3, 0.4) is 0 Å². The molecule has 0 heterocycles. The summed E-state index contributed by atoms with van der Waals surface area (Å²) in [6.45, 7) is 0.721. The Labute approximate surface area is 180 Å². The van der Waals surface area contributed by atoms with Crippen molar-refractivity contribution in [2.75, 3.05) is 13.2 Å². The van der Waals surface area contributed by atoms with Crippen molar-refractivity contribution in [3.8, 4) is 11.8 Å². The molecule has 0 aromatic heterocycles. The average Bonchev–Trinajstić information content (AvgIpc) is 3.52. The molecule has 4 heteroatoms. The van der Waals surface area contributed by atoms with Gasteiger partial charge in [0.2, 0.25) is 0 Å². The largest absolute Gasteiger partial charge is 0.369 e. The molecular weight excluding hydrogens is 394 g/mol. The molecule has 3 aromatic carbocycles. The molecule has 1 aliphatic carbocycles. The van der Waals surface area contributed by atoms with Crippen molar-refractivity contribution in [2.24, 2.45) is 5.92 Å². The van der Waals surface area contributed by atoms with E-state index < -0.39 is 17.2 Å². The van der Waals surface area contributed by atoms with E-state index in [1.54, 1.807) is 0 Å². The minimum absolute atomic E-state index is 0.153. The zero-order chi connectivity index (χ0) is 21.7. The van der Waals surface area contributed by atoms with Crippen LogP contribution >= 0.6 is 0 Å². The van der Waals surface area contributed by atoms with E-state index in [0.29, 0.717) is 23.7 Å². The van der Waals surface area contributed by atoms with E-state index in [4.69, 9.17) is 4.74 Å². The number of benzene rings is 3. The van der Waals surface area contributed by atoms with Crippen LogP contribution in [0.2, 0.25) is 0 Å². The van der Waals surface area contributed by atoms with E-state index in [1.165, 1.54) is 59.7 Å². The van der Waals surface area contributed by atoms with Crippen LogP contribution in [-0.4, -0.2) is 18.3 Å². The highest BCUT2D eigenvalue weighted by molar-refractivity contribution is 5.57. The van der Waals surface area contributed by atoms with E-state index in [9.17, 15) is 13.9 Å². The van der Waals surface area contributed by atoms with Crippen LogP contribution in [-0.2, 0) is 10.3 Å². The Balaban J connectivity index is 1.41. The Morgan fingerprint density at radius 3 is 2.06 bits per heavy atom. The number of rotatable bonds is 6. The molecule has 2 nitrogen and oxygen atoms in total. The molecule has 4 rings (SSSR count). The minimum atomic E-state index is -1.69. The molecule has 1 unspecified atom stereocenters. The molecule has 0 radical (unpaired) electrons. The lowest BCUT2D eigenvalue weighted by molar-refractivity contribution is 0.141. The lowest BCUT2D eigenvalue weighted by Crippen LogP contribution is -2.25. The topological polar surface area (TPSA) is 29.5 Å². The van der Waals surface area contributed by atoms with Gasteiger partial charge in [0, 0.05) is 17.0 Å². The molecule has 0 spiro atoms. The lowest BCUT2D eigenvalue weighted by Gasteiger charge is -2.23. The normalized spacial score (nSPS) is 16.6. The fourth-order valence-electron chi connectivity index (χ4n) is 3.44. The van der Waals surface area contributed by atoms with Gasteiger partial charge in [-0.1, -0.05) is 78.1 Å². The number of aliphatic hydroxyl groups is 1. The van der Waals surface area contributed by atoms with Crippen molar-refractivity contribution in [2.45, 2.75) is 12.0 Å². The van der Waals surface area contributed by atoms with Crippen LogP contribution in [0.15, 0.2) is 84.4 Å². The number of hydrogen-bond acceptors (Lipinski definition) is 2. The molecule has 0 amide bonds. The van der Waals surface area contributed by atoms with Crippen molar-refractivity contribution in [1.29, 1.82) is 0 Å². The first kappa shape index (κ1) is 21.0. The lowest BCUT2D eigenvalue weighted by atomic mass is 9.87. The summed E-state index contributed by atoms with van der Waals surface area (Å²) in [6, 6.07) is 21.1. The average molecular weight is 416 g/mol. The van der Waals surface area contributed by atoms with Gasteiger partial charge in [0.15, 0.2) is 5.60 Å². The minimum Gasteiger partial charge on any atom is -0.369 e. The third-order valence-corrected chi connectivity index (χ3v) is 5.28. The van der Waals surface area contributed by atoms with Gasteiger partial charge in [-0.15, -0.1) is 0 Å². The molecule has 0 bridgehead atoms. The fraction of sp³-hybridized carbons (Fsp3) is 0.185. The van der Waals surface area contributed by atoms with Crippen molar-refractivity contribution >= 4 is 6.08 Å². The van der Waals surface area contributed by atoms with Crippen LogP contribution in [0.1, 0.15) is 23.1 Å². The molecule has 1 aliphatic rings. The van der Waals surface area contributed by atoms with Crippen LogP contribution in [0, 0.1) is 29.4 Å². The number of halogens is 2. The maximum absolute atomic E-state index is 13.3. The predicted octanol–water partition coefficient (Wildman–Crippen LogP) is 5.32. The summed E-state index contributed by atoms with van der Waals surface area (Å²) in [6.07, 6.45) is 3.19. The molecule has 1 fully saturated rings. The van der Waals surface area contributed by atoms with Crippen molar-refractivity contribution < 1.29 is 18.6 Å². The second-order valence-electron chi connectivity index (χ2n) is 7.57. The summed E-state index contributed by atoms with van der Waals surface area (Å²) >= 11 is 0. The van der Waals surface area contributed by atoms with Crippen molar-refractivity contribution in [3.63, 3.8) is 0 Å². The van der Waals surface area contributed by atoms with Gasteiger partial charge in [0.1, 0.15) is 18.2 Å². The monoisotopic (exact) mass is 416 g/mol. The highest BCUT2D eigenvalue weighted by Gasteiger charge is 2.30. The summed E-state index contributed by atoms with van der Waals surface area (Å²) in [7, 11) is 0. The Kier molecular flexibility index (Phi) is 6.27. The molecule has 1 saturated carbocycles. The SMILES string of the molecule is OC(C#CCOCC1C/C1=C\c1ccccc1)(c1ccc(F)cc1)c1ccc(F)cc1. The third kappa shape index (κ3) is 5.27. The first-order valence-corrected chi connectivity index (χ1v) is 10.1. The molecule has 3 aromatic rings. The summed E-state index contributed by atoms with van der Waals surface area (Å²) in [5, 5.41) is 11.3. The van der Waals surface area contributed by atoms with E-state index in [1.807, 2.05) is 18.2 Å². The summed E-state index contributed by atoms with van der Waals surface area (Å²) in [5.74, 6) is 5.28. The van der Waals surface area contributed by atoms with Gasteiger partial charge >= 0.3 is 0 Å². The highest BCUT2D eigenvalue weighted by Crippen LogP contribution is 2.39. The first-order valence-electron chi connectivity index (χ1n) is 10.1. The molecule has 31 heavy (non-hydrogen) atoms. The van der Waals surface area contributed by atoms with Gasteiger partial charge in [-0.25, -0.2) is 8.78 Å². The van der Waals surface area contributed by atoms with Crippen molar-refractivity contribution in [3.05, 3.63) is 113 Å². The molecule has 156 valence electrons. The molecule has 0 aliphatic heterocycles. The fourth-order valence-corrected chi connectivity index (χ4v) is 3.44. The summed E-state index contributed by atoms with van der Waals surface area (Å²) in [4.78, 5) is 0. The van der Waals surface area contributed by atoms with Crippen LogP contribution in [0.5, 0.6) is 0 Å². The zero-order valence-electron chi connectivity index (χ0n) is 16.9. The van der Waals surface area contributed by atoms with E-state index >= 15 is 0 Å². The van der Waals surface area contributed by atoms with Gasteiger partial charge in [-0.2, -0.15) is 0 Å². The highest BCUT2D eigenvalue weighted by atomic mass is 19.1. The van der Waals surface area contributed by atoms with Gasteiger partial charge in [0.05, 0.1) is 6.61 Å². The predicted molar refractivity (Wildman–Crippen MR) is 117 cm³/mol. The van der Waals surface area contributed by atoms with Crippen LogP contribution < -0.4 is 0 Å². The zero-order valence-corrected chi connectivity index (χ0v) is 16.9. The Hall–Kier alpha value is -3.26. The molecule has 0 saturated heterocycles. The molecule has 1 N–H and O–H groups in total. The third-order valence-electron chi connectivity index (χ3n) is 5.28. The molecular formula is C27H22F2O2. The van der Waals surface area contributed by atoms with E-state index in [-0.39, 0.29) is 6.61 Å². The van der Waals surface area contributed by atoms with Gasteiger partial charge in [-0.05, 0) is 36.2 Å². The Morgan fingerprint density at radius 2 is 1.48 bits per heavy atom. The second-order valence-corrected chi connectivity index (χ2v) is 7.57. The maximum atomic E-state index is 13.3. The van der Waals surface area contributed by atoms with E-state index in [2.05, 4.69) is 30.0 Å². The quantitative estimate of drug-likeness (QED) is 0.435. The maximum Gasteiger partial charge on any atom is 0.176 e. The summed E-state index contributed by atoms with van der Waals surface area (Å²) < 4.78 is 32.4. The number of hydrogen-bond donors (Lipinski definition) is 1. The van der Waals surface area contributed by atoms with Gasteiger partial charge in [0.25, 0.3) is 0 Å². The van der Waals surface area contributed by atoms with Gasteiger partial charge < -0.3 is 9.84 Å². The second kappa shape index (κ2) is 9.26. The van der Waals surface area contributed by atoms with Crippen LogP contribution in [0.4, 0.5) is 8.78 Å². The Bertz CT molecular complexity index is 1060. The van der Waals surface area contributed by atoms with Crippen molar-refractivity contribution in [1.82, 2.24) is 0 Å². The molecule has 1 atom stereocenters. The smallest absolute Gasteiger partial charge is 0.176 e. The van der Waals surface area contributed by atoms with Gasteiger partial charge in [-0.3, -0.25) is 0 Å².